The summed E-state index contributed by atoms with van der Waals surface area (Å²) in [6.07, 6.45) is 4.68. The molecular formula is C11H19NO3. The van der Waals surface area contributed by atoms with Crippen LogP contribution in [0, 0.1) is 0 Å². The molecule has 86 valence electrons. The monoisotopic (exact) mass is 213 g/mol. The Balaban J connectivity index is 0.000000245. The van der Waals surface area contributed by atoms with E-state index in [4.69, 9.17) is 5.11 Å². The number of carbonyl (C=O) groups excluding carboxylic acids is 1. The molecule has 2 aliphatic rings. The lowest BCUT2D eigenvalue weighted by molar-refractivity contribution is -0.136. The van der Waals surface area contributed by atoms with Crippen molar-refractivity contribution in [1.82, 2.24) is 5.32 Å². The molecule has 4 heteroatoms. The number of ether oxygens (including phenoxy) is 1. The van der Waals surface area contributed by atoms with Crippen molar-refractivity contribution in [3.8, 4) is 0 Å². The standard InChI is InChI=1S/C8H11NO2.C3H8O/c1-11-8(10)5-2-3-6-7(4-5)9-6;1-2-3-4/h2,6-7,9H,3-4H2,1H3;4H,2-3H2,1H3. The Hall–Kier alpha value is -0.870. The maximum atomic E-state index is 11.0. The fourth-order valence-electron chi connectivity index (χ4n) is 1.54. The molecule has 1 aliphatic carbocycles. The third kappa shape index (κ3) is 3.64. The molecule has 0 aromatic carbocycles. The van der Waals surface area contributed by atoms with Crippen LogP contribution < -0.4 is 5.32 Å². The van der Waals surface area contributed by atoms with Crippen LogP contribution in [0.25, 0.3) is 0 Å². The quantitative estimate of drug-likeness (QED) is 0.521. The number of rotatable bonds is 2. The zero-order chi connectivity index (χ0) is 11.3. The lowest BCUT2D eigenvalue weighted by Crippen LogP contribution is -2.11. The van der Waals surface area contributed by atoms with E-state index in [0.29, 0.717) is 18.7 Å². The number of aliphatic hydroxyl groups is 1. The highest BCUT2D eigenvalue weighted by Gasteiger charge is 2.39. The average Bonchev–Trinajstić information content (AvgIpc) is 3.06. The molecule has 0 aromatic heterocycles. The van der Waals surface area contributed by atoms with E-state index in [1.54, 1.807) is 0 Å². The summed E-state index contributed by atoms with van der Waals surface area (Å²) in [5, 5.41) is 11.2. The number of carbonyl (C=O) groups is 1. The molecule has 1 saturated heterocycles. The molecule has 4 nitrogen and oxygen atoms in total. The molecule has 2 N–H and O–H groups in total. The van der Waals surface area contributed by atoms with Gasteiger partial charge in [-0.3, -0.25) is 0 Å². The second-order valence-electron chi connectivity index (χ2n) is 3.76. The highest BCUT2D eigenvalue weighted by molar-refractivity contribution is 5.88. The van der Waals surface area contributed by atoms with Crippen LogP contribution in [0.1, 0.15) is 26.2 Å². The van der Waals surface area contributed by atoms with E-state index in [2.05, 4.69) is 10.1 Å². The van der Waals surface area contributed by atoms with Crippen molar-refractivity contribution in [3.63, 3.8) is 0 Å². The van der Waals surface area contributed by atoms with Gasteiger partial charge in [0.05, 0.1) is 7.11 Å². The predicted molar refractivity (Wildman–Crippen MR) is 57.4 cm³/mol. The number of hydrogen-bond acceptors (Lipinski definition) is 4. The van der Waals surface area contributed by atoms with Crippen molar-refractivity contribution < 1.29 is 14.6 Å². The second kappa shape index (κ2) is 5.88. The van der Waals surface area contributed by atoms with Crippen LogP contribution >= 0.6 is 0 Å². The van der Waals surface area contributed by atoms with Crippen LogP contribution in [0.3, 0.4) is 0 Å². The van der Waals surface area contributed by atoms with Crippen molar-refractivity contribution in [1.29, 1.82) is 0 Å². The number of aliphatic hydroxyl groups excluding tert-OH is 1. The molecule has 0 aromatic rings. The molecule has 2 rings (SSSR count). The molecule has 1 heterocycles. The van der Waals surface area contributed by atoms with Gasteiger partial charge in [-0.1, -0.05) is 13.0 Å². The first kappa shape index (κ1) is 12.2. The molecule has 1 fully saturated rings. The van der Waals surface area contributed by atoms with Gasteiger partial charge in [0.15, 0.2) is 0 Å². The first-order valence-electron chi connectivity index (χ1n) is 5.37. The fourth-order valence-corrected chi connectivity index (χ4v) is 1.54. The van der Waals surface area contributed by atoms with Gasteiger partial charge in [-0.05, 0) is 19.3 Å². The second-order valence-corrected chi connectivity index (χ2v) is 3.76. The lowest BCUT2D eigenvalue weighted by Gasteiger charge is -2.07. The van der Waals surface area contributed by atoms with Gasteiger partial charge in [0.2, 0.25) is 0 Å². The molecule has 0 saturated carbocycles. The zero-order valence-corrected chi connectivity index (χ0v) is 9.32. The highest BCUT2D eigenvalue weighted by Crippen LogP contribution is 2.28. The largest absolute Gasteiger partial charge is 0.466 e. The molecule has 0 radical (unpaired) electrons. The number of hydrogen-bond donors (Lipinski definition) is 2. The van der Waals surface area contributed by atoms with Crippen LogP contribution in [0.2, 0.25) is 0 Å². The van der Waals surface area contributed by atoms with Gasteiger partial charge >= 0.3 is 5.97 Å². The van der Waals surface area contributed by atoms with Crippen molar-refractivity contribution in [2.75, 3.05) is 13.7 Å². The van der Waals surface area contributed by atoms with Gasteiger partial charge in [-0.2, -0.15) is 0 Å². The maximum Gasteiger partial charge on any atom is 0.333 e. The smallest absolute Gasteiger partial charge is 0.333 e. The van der Waals surface area contributed by atoms with Gasteiger partial charge in [-0.25, -0.2) is 4.79 Å². The van der Waals surface area contributed by atoms with E-state index in [9.17, 15) is 4.79 Å². The lowest BCUT2D eigenvalue weighted by atomic mass is 10.00. The highest BCUT2D eigenvalue weighted by atomic mass is 16.5. The fraction of sp³-hybridized carbons (Fsp3) is 0.727. The van der Waals surface area contributed by atoms with Gasteiger partial charge in [0.25, 0.3) is 0 Å². The first-order chi connectivity index (χ1) is 7.22. The van der Waals surface area contributed by atoms with Crippen LogP contribution in [0.4, 0.5) is 0 Å². The summed E-state index contributed by atoms with van der Waals surface area (Å²) >= 11 is 0. The summed E-state index contributed by atoms with van der Waals surface area (Å²) < 4.78 is 4.62. The third-order valence-corrected chi connectivity index (χ3v) is 2.53. The third-order valence-electron chi connectivity index (χ3n) is 2.53. The van der Waals surface area contributed by atoms with Crippen LogP contribution in [-0.2, 0) is 9.53 Å². The van der Waals surface area contributed by atoms with Gasteiger partial charge in [0, 0.05) is 24.3 Å². The number of methoxy groups -OCH3 is 1. The molecule has 1 aliphatic heterocycles. The van der Waals surface area contributed by atoms with Crippen molar-refractivity contribution in [2.45, 2.75) is 38.3 Å². The Morgan fingerprint density at radius 1 is 1.67 bits per heavy atom. The van der Waals surface area contributed by atoms with E-state index in [0.717, 1.165) is 24.8 Å². The Bertz CT molecular complexity index is 248. The normalized spacial score (nSPS) is 26.7. The summed E-state index contributed by atoms with van der Waals surface area (Å²) in [5.74, 6) is -0.169. The van der Waals surface area contributed by atoms with Crippen molar-refractivity contribution in [3.05, 3.63) is 11.6 Å². The molecule has 2 atom stereocenters. The van der Waals surface area contributed by atoms with Gasteiger partial charge in [0.1, 0.15) is 0 Å². The van der Waals surface area contributed by atoms with Crippen LogP contribution in [-0.4, -0.2) is 36.9 Å². The SMILES string of the molecule is CCCO.COC(=O)C1=CCC2NC2C1. The topological polar surface area (TPSA) is 68.5 Å². The molecule has 0 amide bonds. The van der Waals surface area contributed by atoms with E-state index in [1.165, 1.54) is 7.11 Å². The number of fused-ring (bicyclic) bond motifs is 1. The summed E-state index contributed by atoms with van der Waals surface area (Å²) in [6, 6.07) is 1.19. The summed E-state index contributed by atoms with van der Waals surface area (Å²) in [4.78, 5) is 11.0. The Morgan fingerprint density at radius 2 is 2.33 bits per heavy atom. The van der Waals surface area contributed by atoms with Crippen molar-refractivity contribution in [2.24, 2.45) is 0 Å². The van der Waals surface area contributed by atoms with Crippen molar-refractivity contribution >= 4 is 5.97 Å². The maximum absolute atomic E-state index is 11.0. The zero-order valence-electron chi connectivity index (χ0n) is 9.32. The average molecular weight is 213 g/mol. The molecule has 0 bridgehead atoms. The van der Waals surface area contributed by atoms with E-state index in [1.807, 2.05) is 13.0 Å². The van der Waals surface area contributed by atoms with E-state index < -0.39 is 0 Å². The first-order valence-corrected chi connectivity index (χ1v) is 5.37. The summed E-state index contributed by atoms with van der Waals surface area (Å²) in [6.45, 7) is 2.25. The predicted octanol–water partition coefficient (Wildman–Crippen LogP) is 0.609. The molecular weight excluding hydrogens is 194 g/mol. The number of nitrogens with one attached hydrogen (secondary N) is 1. The summed E-state index contributed by atoms with van der Waals surface area (Å²) in [5.41, 5.74) is 0.832. The molecule has 0 spiro atoms. The molecule has 2 unspecified atom stereocenters. The van der Waals surface area contributed by atoms with Gasteiger partial charge < -0.3 is 15.2 Å². The van der Waals surface area contributed by atoms with Crippen LogP contribution in [0.5, 0.6) is 0 Å². The Kier molecular flexibility index (Phi) is 4.78. The van der Waals surface area contributed by atoms with E-state index >= 15 is 0 Å². The minimum atomic E-state index is -0.169. The van der Waals surface area contributed by atoms with E-state index in [-0.39, 0.29) is 5.97 Å². The Labute approximate surface area is 90.3 Å². The van der Waals surface area contributed by atoms with Crippen LogP contribution in [0.15, 0.2) is 11.6 Å². The Morgan fingerprint density at radius 3 is 2.80 bits per heavy atom. The minimum absolute atomic E-state index is 0.169. The molecule has 15 heavy (non-hydrogen) atoms. The van der Waals surface area contributed by atoms with Gasteiger partial charge in [-0.15, -0.1) is 0 Å². The number of esters is 1. The summed E-state index contributed by atoms with van der Waals surface area (Å²) in [7, 11) is 1.43. The minimum Gasteiger partial charge on any atom is -0.466 e.